The normalized spacial score (nSPS) is 11.5. The molecule has 0 radical (unpaired) electrons. The van der Waals surface area contributed by atoms with Crippen LogP contribution in [0.1, 0.15) is 31.2 Å². The largest absolute Gasteiger partial charge is 0.411 e. The maximum atomic E-state index is 12.3. The molecule has 0 unspecified atom stereocenters. The Hall–Kier alpha value is -1.64. The van der Waals surface area contributed by atoms with Gasteiger partial charge in [-0.15, -0.1) is 5.10 Å². The molecular weight excluding hydrogens is 377 g/mol. The number of aromatic nitrogens is 2. The summed E-state index contributed by atoms with van der Waals surface area (Å²) < 4.78 is 29.8. The van der Waals surface area contributed by atoms with E-state index >= 15 is 0 Å². The molecule has 7 nitrogen and oxygen atoms in total. The van der Waals surface area contributed by atoms with Crippen LogP contribution >= 0.6 is 23.2 Å². The molecule has 0 spiro atoms. The molecule has 1 aromatic heterocycles. The minimum absolute atomic E-state index is 0.0141. The van der Waals surface area contributed by atoms with Crippen molar-refractivity contribution in [2.75, 3.05) is 0 Å². The lowest BCUT2D eigenvalue weighted by molar-refractivity contribution is -0.121. The highest BCUT2D eigenvalue weighted by molar-refractivity contribution is 7.90. The van der Waals surface area contributed by atoms with E-state index < -0.39 is 20.8 Å². The summed E-state index contributed by atoms with van der Waals surface area (Å²) in [6.45, 7) is 1.85. The predicted molar refractivity (Wildman–Crippen MR) is 88.4 cm³/mol. The average molecular weight is 392 g/mol. The van der Waals surface area contributed by atoms with Crippen LogP contribution in [0.4, 0.5) is 0 Å². The fourth-order valence-corrected chi connectivity index (χ4v) is 3.56. The van der Waals surface area contributed by atoms with Crippen molar-refractivity contribution < 1.29 is 17.6 Å². The van der Waals surface area contributed by atoms with Crippen LogP contribution in [0, 0.1) is 0 Å². The van der Waals surface area contributed by atoms with Gasteiger partial charge in [-0.1, -0.05) is 41.3 Å². The molecule has 0 saturated carbocycles. The van der Waals surface area contributed by atoms with Gasteiger partial charge in [-0.3, -0.25) is 4.79 Å². The summed E-state index contributed by atoms with van der Waals surface area (Å²) in [7, 11) is -3.86. The van der Waals surface area contributed by atoms with E-state index in [0.29, 0.717) is 23.4 Å². The quantitative estimate of drug-likeness (QED) is 0.778. The lowest BCUT2D eigenvalue weighted by Gasteiger charge is -2.03. The number of carbonyl (C=O) groups is 1. The van der Waals surface area contributed by atoms with Crippen molar-refractivity contribution in [3.63, 3.8) is 0 Å². The fourth-order valence-electron chi connectivity index (χ4n) is 1.83. The summed E-state index contributed by atoms with van der Waals surface area (Å²) in [6, 6.07) is 4.52. The molecule has 0 saturated heterocycles. The number of rotatable bonds is 7. The van der Waals surface area contributed by atoms with Gasteiger partial charge in [0.25, 0.3) is 0 Å². The zero-order valence-electron chi connectivity index (χ0n) is 12.8. The highest BCUT2D eigenvalue weighted by Gasteiger charge is 2.24. The number of carbonyl (C=O) groups excluding carboxylic acids is 1. The monoisotopic (exact) mass is 391 g/mol. The van der Waals surface area contributed by atoms with Gasteiger partial charge in [0.2, 0.25) is 21.6 Å². The van der Waals surface area contributed by atoms with E-state index in [2.05, 4.69) is 15.5 Å². The van der Waals surface area contributed by atoms with Gasteiger partial charge < -0.3 is 9.73 Å². The molecule has 2 aromatic rings. The van der Waals surface area contributed by atoms with Crippen LogP contribution < -0.4 is 5.32 Å². The third-order valence-electron chi connectivity index (χ3n) is 2.99. The number of halogens is 2. The Labute approximate surface area is 149 Å². The lowest BCUT2D eigenvalue weighted by atomic mass is 10.2. The Morgan fingerprint density at radius 1 is 1.29 bits per heavy atom. The first-order valence-electron chi connectivity index (χ1n) is 7.07. The van der Waals surface area contributed by atoms with Crippen molar-refractivity contribution >= 4 is 38.9 Å². The summed E-state index contributed by atoms with van der Waals surface area (Å²) in [5, 5.41) is 9.84. The first-order chi connectivity index (χ1) is 11.3. The van der Waals surface area contributed by atoms with Crippen LogP contribution in [-0.4, -0.2) is 24.5 Å². The van der Waals surface area contributed by atoms with Crippen LogP contribution in [-0.2, 0) is 26.9 Å². The Morgan fingerprint density at radius 3 is 2.71 bits per heavy atom. The number of hydrogen-bond acceptors (Lipinski definition) is 6. The van der Waals surface area contributed by atoms with Gasteiger partial charge in [-0.2, -0.15) is 0 Å². The van der Waals surface area contributed by atoms with Gasteiger partial charge in [0.1, 0.15) is 0 Å². The fraction of sp³-hybridized carbons (Fsp3) is 0.357. The molecule has 10 heteroatoms. The van der Waals surface area contributed by atoms with Crippen LogP contribution in [0.3, 0.4) is 0 Å². The Bertz CT molecular complexity index is 836. The van der Waals surface area contributed by atoms with Crippen molar-refractivity contribution in [1.82, 2.24) is 15.5 Å². The summed E-state index contributed by atoms with van der Waals surface area (Å²) >= 11 is 11.8. The Morgan fingerprint density at radius 2 is 2.04 bits per heavy atom. The topological polar surface area (TPSA) is 102 Å². The number of nitrogens with zero attached hydrogens (tertiary/aromatic N) is 2. The first kappa shape index (κ1) is 18.7. The minimum atomic E-state index is -3.86. The Kier molecular flexibility index (Phi) is 6.20. The van der Waals surface area contributed by atoms with E-state index in [4.69, 9.17) is 27.6 Å². The molecule has 0 aliphatic carbocycles. The smallest absolute Gasteiger partial charge is 0.335 e. The van der Waals surface area contributed by atoms with E-state index in [1.54, 1.807) is 6.07 Å². The predicted octanol–water partition coefficient (Wildman–Crippen LogP) is 2.77. The van der Waals surface area contributed by atoms with Crippen molar-refractivity contribution in [3.05, 3.63) is 39.7 Å². The SMILES string of the molecule is CCCC(=O)NCc1nnc(S(=O)(=O)Cc2ccc(Cl)cc2Cl)o1. The second-order valence-corrected chi connectivity index (χ2v) is 7.69. The van der Waals surface area contributed by atoms with Crippen molar-refractivity contribution in [2.45, 2.75) is 37.3 Å². The summed E-state index contributed by atoms with van der Waals surface area (Å²) in [4.78, 5) is 11.4. The molecule has 0 bridgehead atoms. The maximum absolute atomic E-state index is 12.3. The molecule has 2 rings (SSSR count). The highest BCUT2D eigenvalue weighted by atomic mass is 35.5. The second-order valence-electron chi connectivity index (χ2n) is 4.98. The molecule has 0 aliphatic heterocycles. The van der Waals surface area contributed by atoms with Crippen LogP contribution in [0.2, 0.25) is 10.0 Å². The van der Waals surface area contributed by atoms with E-state index in [1.165, 1.54) is 12.1 Å². The van der Waals surface area contributed by atoms with Gasteiger partial charge in [0.05, 0.1) is 12.3 Å². The van der Waals surface area contributed by atoms with Gasteiger partial charge in [0.15, 0.2) is 0 Å². The molecule has 0 aliphatic rings. The second kappa shape index (κ2) is 7.96. The number of nitrogens with one attached hydrogen (secondary N) is 1. The molecule has 24 heavy (non-hydrogen) atoms. The zero-order valence-corrected chi connectivity index (χ0v) is 15.1. The van der Waals surface area contributed by atoms with Gasteiger partial charge >= 0.3 is 5.22 Å². The third kappa shape index (κ3) is 4.93. The van der Waals surface area contributed by atoms with Crippen LogP contribution in [0.25, 0.3) is 0 Å². The van der Waals surface area contributed by atoms with E-state index in [0.717, 1.165) is 0 Å². The van der Waals surface area contributed by atoms with Gasteiger partial charge in [0, 0.05) is 16.5 Å². The summed E-state index contributed by atoms with van der Waals surface area (Å²) in [6.07, 6.45) is 1.07. The van der Waals surface area contributed by atoms with Crippen LogP contribution in [0.5, 0.6) is 0 Å². The standard InChI is InChI=1S/C14H15Cl2N3O4S/c1-2-3-12(20)17-7-13-18-19-14(23-13)24(21,22)8-9-4-5-10(15)6-11(9)16/h4-6H,2-3,7-8H2,1H3,(H,17,20). The highest BCUT2D eigenvalue weighted by Crippen LogP contribution is 2.24. The molecule has 1 heterocycles. The molecular formula is C14H15Cl2N3O4S. The molecule has 1 amide bonds. The van der Waals surface area contributed by atoms with E-state index in [1.807, 2.05) is 6.92 Å². The minimum Gasteiger partial charge on any atom is -0.411 e. The van der Waals surface area contributed by atoms with Crippen LogP contribution in [0.15, 0.2) is 27.8 Å². The van der Waals surface area contributed by atoms with E-state index in [9.17, 15) is 13.2 Å². The number of amides is 1. The van der Waals surface area contributed by atoms with E-state index in [-0.39, 0.29) is 23.4 Å². The third-order valence-corrected chi connectivity index (χ3v) is 4.96. The zero-order chi connectivity index (χ0) is 17.7. The Balaban J connectivity index is 2.08. The molecule has 0 fully saturated rings. The lowest BCUT2D eigenvalue weighted by Crippen LogP contribution is -2.22. The number of hydrogen-bond donors (Lipinski definition) is 1. The number of sulfone groups is 1. The van der Waals surface area contributed by atoms with Crippen molar-refractivity contribution in [3.8, 4) is 0 Å². The number of benzene rings is 1. The van der Waals surface area contributed by atoms with Crippen molar-refractivity contribution in [2.24, 2.45) is 0 Å². The van der Waals surface area contributed by atoms with Crippen molar-refractivity contribution in [1.29, 1.82) is 0 Å². The maximum Gasteiger partial charge on any atom is 0.335 e. The molecule has 1 N–H and O–H groups in total. The van der Waals surface area contributed by atoms with Gasteiger partial charge in [-0.25, -0.2) is 8.42 Å². The molecule has 0 atom stereocenters. The summed E-state index contributed by atoms with van der Waals surface area (Å²) in [5.74, 6) is -0.555. The van der Waals surface area contributed by atoms with Gasteiger partial charge in [-0.05, 0) is 24.1 Å². The summed E-state index contributed by atoms with van der Waals surface area (Å²) in [5.41, 5.74) is 0.372. The molecule has 1 aromatic carbocycles. The first-order valence-corrected chi connectivity index (χ1v) is 9.48. The molecule has 130 valence electrons. The average Bonchev–Trinajstić information content (AvgIpc) is 2.98.